The van der Waals surface area contributed by atoms with Crippen molar-refractivity contribution in [2.24, 2.45) is 17.3 Å². The first-order chi connectivity index (χ1) is 8.97. The standard InChI is InChI=1S/C19H26/c1-13-5-8-15(9-6-13)18-12-19(3,4)16-10-7-14(2)17(18)11-16/h5-9,16-18H,10-12H2,1-4H3/t16-,17-,18-/m0/s1. The van der Waals surface area contributed by atoms with Crippen molar-refractivity contribution < 1.29 is 0 Å². The number of fused-ring (bicyclic) bond motifs is 2. The summed E-state index contributed by atoms with van der Waals surface area (Å²) in [6, 6.07) is 9.27. The molecule has 0 unspecified atom stereocenters. The van der Waals surface area contributed by atoms with Gasteiger partial charge in [0.1, 0.15) is 0 Å². The third-order valence-corrected chi connectivity index (χ3v) is 5.69. The molecular weight excluding hydrogens is 228 g/mol. The lowest BCUT2D eigenvalue weighted by Crippen LogP contribution is -2.38. The molecule has 0 radical (unpaired) electrons. The van der Waals surface area contributed by atoms with E-state index in [9.17, 15) is 0 Å². The third-order valence-electron chi connectivity index (χ3n) is 5.69. The second-order valence-corrected chi connectivity index (χ2v) is 7.43. The van der Waals surface area contributed by atoms with Crippen LogP contribution in [-0.4, -0.2) is 0 Å². The predicted octanol–water partition coefficient (Wildman–Crippen LogP) is 5.48. The highest BCUT2D eigenvalue weighted by Gasteiger charge is 2.44. The zero-order valence-electron chi connectivity index (χ0n) is 12.7. The van der Waals surface area contributed by atoms with Gasteiger partial charge in [-0.3, -0.25) is 0 Å². The molecule has 0 nitrogen and oxygen atoms in total. The van der Waals surface area contributed by atoms with Crippen LogP contribution in [0.4, 0.5) is 0 Å². The molecule has 1 fully saturated rings. The van der Waals surface area contributed by atoms with Crippen LogP contribution < -0.4 is 0 Å². The maximum absolute atomic E-state index is 2.51. The van der Waals surface area contributed by atoms with Gasteiger partial charge in [0.15, 0.2) is 0 Å². The molecule has 1 aromatic carbocycles. The van der Waals surface area contributed by atoms with E-state index in [4.69, 9.17) is 0 Å². The molecule has 1 aromatic rings. The van der Waals surface area contributed by atoms with Crippen molar-refractivity contribution in [1.82, 2.24) is 0 Å². The molecule has 102 valence electrons. The van der Waals surface area contributed by atoms with Gasteiger partial charge in [-0.2, -0.15) is 0 Å². The number of rotatable bonds is 1. The second kappa shape index (κ2) is 4.51. The van der Waals surface area contributed by atoms with E-state index in [1.807, 2.05) is 0 Å². The highest BCUT2D eigenvalue weighted by molar-refractivity contribution is 5.30. The fraction of sp³-hybridized carbons (Fsp3) is 0.579. The quantitative estimate of drug-likeness (QED) is 0.582. The molecular formula is C19H26. The van der Waals surface area contributed by atoms with Gasteiger partial charge < -0.3 is 0 Å². The molecule has 19 heavy (non-hydrogen) atoms. The van der Waals surface area contributed by atoms with Gasteiger partial charge in [-0.05, 0) is 61.8 Å². The van der Waals surface area contributed by atoms with Crippen LogP contribution in [0.25, 0.3) is 0 Å². The summed E-state index contributed by atoms with van der Waals surface area (Å²) in [4.78, 5) is 0. The van der Waals surface area contributed by atoms with E-state index in [0.29, 0.717) is 5.41 Å². The van der Waals surface area contributed by atoms with Crippen LogP contribution in [0.3, 0.4) is 0 Å². The van der Waals surface area contributed by atoms with E-state index < -0.39 is 0 Å². The van der Waals surface area contributed by atoms with Gasteiger partial charge in [-0.25, -0.2) is 0 Å². The minimum Gasteiger partial charge on any atom is -0.0850 e. The van der Waals surface area contributed by atoms with Gasteiger partial charge in [-0.1, -0.05) is 55.3 Å². The smallest absolute Gasteiger partial charge is 0.00912 e. The van der Waals surface area contributed by atoms with Crippen LogP contribution in [0.2, 0.25) is 0 Å². The molecule has 0 N–H and O–H groups in total. The Labute approximate surface area is 117 Å². The topological polar surface area (TPSA) is 0 Å². The lowest BCUT2D eigenvalue weighted by atomic mass is 9.55. The normalized spacial score (nSPS) is 32.8. The summed E-state index contributed by atoms with van der Waals surface area (Å²) in [5.41, 5.74) is 5.05. The summed E-state index contributed by atoms with van der Waals surface area (Å²) in [6.45, 7) is 9.48. The first-order valence-corrected chi connectivity index (χ1v) is 7.70. The fourth-order valence-corrected chi connectivity index (χ4v) is 4.23. The van der Waals surface area contributed by atoms with Crippen LogP contribution in [0.15, 0.2) is 35.9 Å². The number of benzene rings is 1. The SMILES string of the molecule is CC1=CC[C@H]2C[C@@H]1[C@H](c1ccc(C)cc1)CC2(C)C. The molecule has 3 atom stereocenters. The summed E-state index contributed by atoms with van der Waals surface area (Å²) in [7, 11) is 0. The molecule has 0 amide bonds. The summed E-state index contributed by atoms with van der Waals surface area (Å²) in [5, 5.41) is 0. The second-order valence-electron chi connectivity index (χ2n) is 7.43. The van der Waals surface area contributed by atoms with Crippen LogP contribution in [-0.2, 0) is 0 Å². The van der Waals surface area contributed by atoms with Gasteiger partial charge in [0.05, 0.1) is 0 Å². The Morgan fingerprint density at radius 3 is 2.37 bits per heavy atom. The van der Waals surface area contributed by atoms with Crippen LogP contribution in [0.1, 0.15) is 57.1 Å². The summed E-state index contributed by atoms with van der Waals surface area (Å²) in [6.07, 6.45) is 6.56. The Hall–Kier alpha value is -1.04. The zero-order valence-corrected chi connectivity index (χ0v) is 12.7. The van der Waals surface area contributed by atoms with Crippen molar-refractivity contribution in [1.29, 1.82) is 0 Å². The maximum Gasteiger partial charge on any atom is -0.00912 e. The Kier molecular flexibility index (Phi) is 3.08. The molecule has 0 saturated heterocycles. The highest BCUT2D eigenvalue weighted by Crippen LogP contribution is 2.55. The lowest BCUT2D eigenvalue weighted by Gasteiger charge is -2.49. The van der Waals surface area contributed by atoms with E-state index in [0.717, 1.165) is 17.8 Å². The first kappa shape index (κ1) is 13.0. The Bertz CT molecular complexity index is 489. The van der Waals surface area contributed by atoms with E-state index in [2.05, 4.69) is 58.0 Å². The maximum atomic E-state index is 2.51. The lowest BCUT2D eigenvalue weighted by molar-refractivity contribution is 0.0834. The summed E-state index contributed by atoms with van der Waals surface area (Å²) < 4.78 is 0. The van der Waals surface area contributed by atoms with E-state index in [1.165, 1.54) is 24.8 Å². The fourth-order valence-electron chi connectivity index (χ4n) is 4.23. The van der Waals surface area contributed by atoms with Crippen LogP contribution >= 0.6 is 0 Å². The Morgan fingerprint density at radius 2 is 1.68 bits per heavy atom. The van der Waals surface area contributed by atoms with Crippen molar-refractivity contribution in [2.75, 3.05) is 0 Å². The van der Waals surface area contributed by atoms with Gasteiger partial charge in [0.2, 0.25) is 0 Å². The van der Waals surface area contributed by atoms with Gasteiger partial charge in [-0.15, -0.1) is 0 Å². The third kappa shape index (κ3) is 2.26. The number of hydrogen-bond acceptors (Lipinski definition) is 0. The molecule has 0 aromatic heterocycles. The van der Waals surface area contributed by atoms with Crippen molar-refractivity contribution in [2.45, 2.75) is 52.9 Å². The molecule has 2 bridgehead atoms. The molecule has 2 aliphatic rings. The Balaban J connectivity index is 1.97. The largest absolute Gasteiger partial charge is 0.0850 e. The minimum absolute atomic E-state index is 0.489. The van der Waals surface area contributed by atoms with E-state index in [1.54, 1.807) is 11.1 Å². The molecule has 3 rings (SSSR count). The Morgan fingerprint density at radius 1 is 1.00 bits per heavy atom. The average Bonchev–Trinajstić information content (AvgIpc) is 2.37. The van der Waals surface area contributed by atoms with Crippen molar-refractivity contribution >= 4 is 0 Å². The van der Waals surface area contributed by atoms with Crippen molar-refractivity contribution in [3.8, 4) is 0 Å². The predicted molar refractivity (Wildman–Crippen MR) is 82.3 cm³/mol. The number of allylic oxidation sites excluding steroid dienone is 2. The van der Waals surface area contributed by atoms with E-state index in [-0.39, 0.29) is 0 Å². The van der Waals surface area contributed by atoms with Gasteiger partial charge >= 0.3 is 0 Å². The van der Waals surface area contributed by atoms with Crippen LogP contribution in [0, 0.1) is 24.2 Å². The van der Waals surface area contributed by atoms with Gasteiger partial charge in [0.25, 0.3) is 0 Å². The molecule has 1 saturated carbocycles. The monoisotopic (exact) mass is 254 g/mol. The molecule has 0 heteroatoms. The summed E-state index contributed by atoms with van der Waals surface area (Å²) in [5.74, 6) is 2.40. The number of hydrogen-bond donors (Lipinski definition) is 0. The van der Waals surface area contributed by atoms with Crippen LogP contribution in [0.5, 0.6) is 0 Å². The number of aryl methyl sites for hydroxylation is 1. The minimum atomic E-state index is 0.489. The van der Waals surface area contributed by atoms with Crippen molar-refractivity contribution in [3.63, 3.8) is 0 Å². The first-order valence-electron chi connectivity index (χ1n) is 7.70. The molecule has 0 heterocycles. The molecule has 0 aliphatic heterocycles. The molecule has 2 aliphatic carbocycles. The molecule has 0 spiro atoms. The average molecular weight is 254 g/mol. The van der Waals surface area contributed by atoms with Gasteiger partial charge in [0, 0.05) is 0 Å². The van der Waals surface area contributed by atoms with E-state index >= 15 is 0 Å². The highest BCUT2D eigenvalue weighted by atomic mass is 14.5. The summed E-state index contributed by atoms with van der Waals surface area (Å²) >= 11 is 0. The van der Waals surface area contributed by atoms with Crippen molar-refractivity contribution in [3.05, 3.63) is 47.0 Å². The zero-order chi connectivity index (χ0) is 13.6.